The van der Waals surface area contributed by atoms with Crippen LogP contribution in [0.2, 0.25) is 0 Å². The van der Waals surface area contributed by atoms with Crippen molar-refractivity contribution >= 4 is 27.7 Å². The first-order chi connectivity index (χ1) is 11.9. The van der Waals surface area contributed by atoms with Gasteiger partial charge in [0.25, 0.3) is 0 Å². The molecule has 0 spiro atoms. The fourth-order valence-electron chi connectivity index (χ4n) is 3.97. The van der Waals surface area contributed by atoms with Gasteiger partial charge >= 0.3 is 5.97 Å². The molecule has 132 valence electrons. The summed E-state index contributed by atoms with van der Waals surface area (Å²) >= 11 is 3.39. The minimum atomic E-state index is -0.384. The molecule has 1 aromatic rings. The maximum Gasteiger partial charge on any atom is 0.339 e. The summed E-state index contributed by atoms with van der Waals surface area (Å²) in [6.45, 7) is 8.17. The van der Waals surface area contributed by atoms with Gasteiger partial charge in [0.1, 0.15) is 5.75 Å². The number of ketones is 1. The molecule has 1 fully saturated rings. The Morgan fingerprint density at radius 2 is 1.96 bits per heavy atom. The van der Waals surface area contributed by atoms with E-state index in [0.29, 0.717) is 29.6 Å². The van der Waals surface area contributed by atoms with E-state index in [1.807, 2.05) is 25.1 Å². The maximum atomic E-state index is 12.6. The van der Waals surface area contributed by atoms with E-state index in [1.165, 1.54) is 5.57 Å². The van der Waals surface area contributed by atoms with Crippen molar-refractivity contribution < 1.29 is 14.3 Å². The van der Waals surface area contributed by atoms with Crippen molar-refractivity contribution in [3.8, 4) is 5.75 Å². The van der Waals surface area contributed by atoms with Crippen molar-refractivity contribution in [2.45, 2.75) is 39.5 Å². The number of fused-ring (bicyclic) bond motifs is 1. The highest BCUT2D eigenvalue weighted by Crippen LogP contribution is 2.45. The molecule has 0 radical (unpaired) electrons. The van der Waals surface area contributed by atoms with Crippen LogP contribution in [-0.4, -0.2) is 11.8 Å². The van der Waals surface area contributed by atoms with E-state index in [-0.39, 0.29) is 17.7 Å². The molecule has 2 aliphatic rings. The molecule has 1 unspecified atom stereocenters. The molecule has 3 nitrogen and oxygen atoms in total. The average Bonchev–Trinajstić information content (AvgIpc) is 2.77. The molecule has 0 N–H and O–H groups in total. The van der Waals surface area contributed by atoms with Gasteiger partial charge in [-0.3, -0.25) is 4.79 Å². The fraction of sp³-hybridized carbons (Fsp3) is 0.429. The van der Waals surface area contributed by atoms with Crippen LogP contribution in [0.3, 0.4) is 0 Å². The minimum absolute atomic E-state index is 0.0401. The molecule has 0 heterocycles. The van der Waals surface area contributed by atoms with Crippen LogP contribution >= 0.6 is 15.9 Å². The topological polar surface area (TPSA) is 43.4 Å². The number of Topliss-reactive ketones (excluding diaryl/α,β-unsaturated/α-hetero) is 1. The van der Waals surface area contributed by atoms with Crippen molar-refractivity contribution in [3.63, 3.8) is 0 Å². The molecule has 0 aliphatic heterocycles. The van der Waals surface area contributed by atoms with E-state index >= 15 is 0 Å². The van der Waals surface area contributed by atoms with Crippen LogP contribution in [0, 0.1) is 17.8 Å². The van der Waals surface area contributed by atoms with E-state index < -0.39 is 0 Å². The first-order valence-corrected chi connectivity index (χ1v) is 9.56. The van der Waals surface area contributed by atoms with Crippen LogP contribution in [0.25, 0.3) is 0 Å². The molecule has 0 amide bonds. The van der Waals surface area contributed by atoms with Crippen LogP contribution in [0.4, 0.5) is 0 Å². The zero-order valence-corrected chi connectivity index (χ0v) is 16.3. The monoisotopic (exact) mass is 402 g/mol. The fourth-order valence-corrected chi connectivity index (χ4v) is 4.34. The summed E-state index contributed by atoms with van der Waals surface area (Å²) in [7, 11) is 0. The number of carbonyl (C=O) groups is 2. The summed E-state index contributed by atoms with van der Waals surface area (Å²) in [6, 6.07) is 7.28. The zero-order valence-electron chi connectivity index (χ0n) is 14.7. The summed E-state index contributed by atoms with van der Waals surface area (Å²) in [6.07, 6.45) is 3.28. The van der Waals surface area contributed by atoms with Crippen molar-refractivity contribution in [3.05, 3.63) is 52.0 Å². The van der Waals surface area contributed by atoms with Crippen molar-refractivity contribution in [2.75, 3.05) is 0 Å². The summed E-state index contributed by atoms with van der Waals surface area (Å²) in [4.78, 5) is 24.7. The Morgan fingerprint density at radius 1 is 1.24 bits per heavy atom. The number of carbonyl (C=O) groups excluding carboxylic acids is 2. The highest BCUT2D eigenvalue weighted by Gasteiger charge is 2.38. The Morgan fingerprint density at radius 3 is 2.68 bits per heavy atom. The molecule has 3 atom stereocenters. The van der Waals surface area contributed by atoms with Gasteiger partial charge in [0, 0.05) is 12.0 Å². The van der Waals surface area contributed by atoms with E-state index in [1.54, 1.807) is 6.07 Å². The van der Waals surface area contributed by atoms with Gasteiger partial charge in [0.05, 0.1) is 4.47 Å². The van der Waals surface area contributed by atoms with Gasteiger partial charge in [-0.05, 0) is 77.6 Å². The molecule has 1 aromatic carbocycles. The number of allylic oxidation sites excluding steroid dienone is 2. The number of esters is 1. The predicted octanol–water partition coefficient (Wildman–Crippen LogP) is 5.25. The van der Waals surface area contributed by atoms with Crippen LogP contribution in [0.5, 0.6) is 5.75 Å². The van der Waals surface area contributed by atoms with Crippen LogP contribution < -0.4 is 4.74 Å². The highest BCUT2D eigenvalue weighted by molar-refractivity contribution is 9.10. The number of rotatable bonds is 3. The molecular formula is C21H23BrO3. The van der Waals surface area contributed by atoms with Gasteiger partial charge in [-0.1, -0.05) is 31.2 Å². The maximum absolute atomic E-state index is 12.6. The molecule has 3 rings (SSSR count). The normalized spacial score (nSPS) is 26.2. The van der Waals surface area contributed by atoms with Gasteiger partial charge < -0.3 is 4.74 Å². The summed E-state index contributed by atoms with van der Waals surface area (Å²) in [5, 5.41) is 0. The lowest BCUT2D eigenvalue weighted by Crippen LogP contribution is -2.18. The second-order valence-corrected chi connectivity index (χ2v) is 8.04. The van der Waals surface area contributed by atoms with Crippen molar-refractivity contribution in [2.24, 2.45) is 17.8 Å². The molecule has 0 aromatic heterocycles. The Labute approximate surface area is 157 Å². The number of benzene rings is 1. The zero-order chi connectivity index (χ0) is 18.1. The average molecular weight is 403 g/mol. The van der Waals surface area contributed by atoms with E-state index in [2.05, 4.69) is 29.4 Å². The third-order valence-electron chi connectivity index (χ3n) is 5.67. The lowest BCUT2D eigenvalue weighted by atomic mass is 9.86. The lowest BCUT2D eigenvalue weighted by Gasteiger charge is -2.19. The Hall–Kier alpha value is -1.68. The van der Waals surface area contributed by atoms with Crippen LogP contribution in [0.15, 0.2) is 52.0 Å². The number of halogens is 1. The SMILES string of the molecule is C=C(C(=O)Oc1ccccc1Br)[C@H]1CCC(C)[C@@H]2CC(=O)C(C)=C2C1. The number of ether oxygens (including phenoxy) is 1. The number of para-hydroxylation sites is 1. The van der Waals surface area contributed by atoms with Gasteiger partial charge in [0.2, 0.25) is 0 Å². The quantitative estimate of drug-likeness (QED) is 0.393. The minimum Gasteiger partial charge on any atom is -0.422 e. The summed E-state index contributed by atoms with van der Waals surface area (Å²) < 4.78 is 6.26. The van der Waals surface area contributed by atoms with Crippen LogP contribution in [-0.2, 0) is 9.59 Å². The summed E-state index contributed by atoms with van der Waals surface area (Å²) in [5.41, 5.74) is 2.63. The molecular weight excluding hydrogens is 380 g/mol. The van der Waals surface area contributed by atoms with Crippen molar-refractivity contribution in [1.82, 2.24) is 0 Å². The molecule has 2 aliphatic carbocycles. The standard InChI is InChI=1S/C21H23BrO3/c1-12-8-9-15(10-17-14(3)19(23)11-16(12)17)13(2)21(24)25-20-7-5-4-6-18(20)22/h4-7,12,15-16H,2,8-11H2,1,3H3/t12?,15-,16-/m0/s1. The Kier molecular flexibility index (Phi) is 5.28. The first-order valence-electron chi connectivity index (χ1n) is 8.76. The van der Waals surface area contributed by atoms with E-state index in [9.17, 15) is 9.59 Å². The number of hydrogen-bond donors (Lipinski definition) is 0. The molecule has 1 saturated carbocycles. The molecule has 0 saturated heterocycles. The first kappa shape index (κ1) is 18.1. The molecule has 25 heavy (non-hydrogen) atoms. The Bertz CT molecular complexity index is 762. The number of hydrogen-bond acceptors (Lipinski definition) is 3. The van der Waals surface area contributed by atoms with Gasteiger partial charge in [-0.2, -0.15) is 0 Å². The smallest absolute Gasteiger partial charge is 0.339 e. The molecule has 4 heteroatoms. The van der Waals surface area contributed by atoms with E-state index in [4.69, 9.17) is 4.74 Å². The second-order valence-electron chi connectivity index (χ2n) is 7.18. The lowest BCUT2D eigenvalue weighted by molar-refractivity contribution is -0.130. The predicted molar refractivity (Wildman–Crippen MR) is 101 cm³/mol. The highest BCUT2D eigenvalue weighted by atomic mass is 79.9. The van der Waals surface area contributed by atoms with Gasteiger partial charge in [0.15, 0.2) is 5.78 Å². The van der Waals surface area contributed by atoms with Crippen molar-refractivity contribution in [1.29, 1.82) is 0 Å². The third-order valence-corrected chi connectivity index (χ3v) is 6.33. The third kappa shape index (κ3) is 3.64. The second kappa shape index (κ2) is 7.28. The summed E-state index contributed by atoms with van der Waals surface area (Å²) in [5.74, 6) is 1.22. The molecule has 0 bridgehead atoms. The largest absolute Gasteiger partial charge is 0.422 e. The van der Waals surface area contributed by atoms with Crippen LogP contribution in [0.1, 0.15) is 39.5 Å². The van der Waals surface area contributed by atoms with Gasteiger partial charge in [-0.15, -0.1) is 0 Å². The van der Waals surface area contributed by atoms with E-state index in [0.717, 1.165) is 29.3 Å². The van der Waals surface area contributed by atoms with Gasteiger partial charge in [-0.25, -0.2) is 4.79 Å². The Balaban J connectivity index is 1.77.